The van der Waals surface area contributed by atoms with Crippen molar-refractivity contribution in [2.24, 2.45) is 5.10 Å². The van der Waals surface area contributed by atoms with E-state index in [1.165, 1.54) is 61.9 Å². The number of sulfonamides is 1. The number of carbonyl (C=O) groups excluding carboxylic acids is 2. The van der Waals surface area contributed by atoms with E-state index in [0.717, 1.165) is 4.47 Å². The van der Waals surface area contributed by atoms with Crippen LogP contribution in [0, 0.1) is 0 Å². The lowest BCUT2D eigenvalue weighted by atomic mass is 10.2. The van der Waals surface area contributed by atoms with E-state index in [0.29, 0.717) is 21.9 Å². The van der Waals surface area contributed by atoms with E-state index in [-0.39, 0.29) is 21.9 Å². The predicted molar refractivity (Wildman–Crippen MR) is 156 cm³/mol. The van der Waals surface area contributed by atoms with E-state index in [1.807, 2.05) is 0 Å². The van der Waals surface area contributed by atoms with E-state index in [4.69, 9.17) is 21.1 Å². The van der Waals surface area contributed by atoms with Crippen LogP contribution in [-0.4, -0.2) is 33.6 Å². The second kappa shape index (κ2) is 12.8. The van der Waals surface area contributed by atoms with Gasteiger partial charge in [-0.1, -0.05) is 33.6 Å². The van der Waals surface area contributed by atoms with Gasteiger partial charge in [-0.05, 0) is 90.5 Å². The third kappa shape index (κ3) is 7.47. The quantitative estimate of drug-likeness (QED) is 0.102. The molecular formula is C28H21BrClN3O6S. The van der Waals surface area contributed by atoms with E-state index in [2.05, 4.69) is 31.2 Å². The van der Waals surface area contributed by atoms with E-state index in [1.54, 1.807) is 42.5 Å². The summed E-state index contributed by atoms with van der Waals surface area (Å²) in [4.78, 5) is 25.0. The number of benzene rings is 4. The van der Waals surface area contributed by atoms with Gasteiger partial charge in [-0.2, -0.15) is 5.10 Å². The van der Waals surface area contributed by atoms with Crippen molar-refractivity contribution in [2.75, 3.05) is 11.8 Å². The summed E-state index contributed by atoms with van der Waals surface area (Å²) in [5.41, 5.74) is 3.90. The van der Waals surface area contributed by atoms with Crippen LogP contribution in [0.15, 0.2) is 105 Å². The molecule has 9 nitrogen and oxygen atoms in total. The Morgan fingerprint density at radius 2 is 1.62 bits per heavy atom. The Bertz CT molecular complexity index is 1680. The van der Waals surface area contributed by atoms with E-state index < -0.39 is 21.9 Å². The van der Waals surface area contributed by atoms with Crippen LogP contribution in [0.4, 0.5) is 5.69 Å². The average molecular weight is 643 g/mol. The molecule has 4 aromatic carbocycles. The zero-order valence-corrected chi connectivity index (χ0v) is 24.0. The lowest BCUT2D eigenvalue weighted by molar-refractivity contribution is 0.0729. The summed E-state index contributed by atoms with van der Waals surface area (Å²) in [5.74, 6) is -0.525. The molecule has 0 bridgehead atoms. The number of nitrogens with one attached hydrogen (secondary N) is 2. The van der Waals surface area contributed by atoms with Crippen molar-refractivity contribution in [1.82, 2.24) is 5.43 Å². The number of hydrogen-bond acceptors (Lipinski definition) is 7. The Morgan fingerprint density at radius 1 is 0.900 bits per heavy atom. The molecule has 0 radical (unpaired) electrons. The maximum absolute atomic E-state index is 12.5. The number of hydrogen-bond donors (Lipinski definition) is 2. The van der Waals surface area contributed by atoms with Gasteiger partial charge in [0.05, 0.1) is 23.8 Å². The molecule has 40 heavy (non-hydrogen) atoms. The van der Waals surface area contributed by atoms with Crippen LogP contribution in [0.3, 0.4) is 0 Å². The summed E-state index contributed by atoms with van der Waals surface area (Å²) in [7, 11) is -2.37. The topological polar surface area (TPSA) is 123 Å². The smallest absolute Gasteiger partial charge is 0.343 e. The highest BCUT2D eigenvalue weighted by molar-refractivity contribution is 9.10. The van der Waals surface area contributed by atoms with Crippen molar-refractivity contribution in [3.8, 4) is 11.5 Å². The predicted octanol–water partition coefficient (Wildman–Crippen LogP) is 5.90. The second-order valence-corrected chi connectivity index (χ2v) is 11.2. The fourth-order valence-electron chi connectivity index (χ4n) is 3.37. The van der Waals surface area contributed by atoms with Crippen LogP contribution in [-0.2, 0) is 10.0 Å². The van der Waals surface area contributed by atoms with Gasteiger partial charge in [0.15, 0.2) is 11.5 Å². The van der Waals surface area contributed by atoms with Gasteiger partial charge in [0.2, 0.25) is 0 Å². The van der Waals surface area contributed by atoms with Crippen molar-refractivity contribution in [3.05, 3.63) is 117 Å². The average Bonchev–Trinajstić information content (AvgIpc) is 2.94. The minimum absolute atomic E-state index is 0.0559. The number of nitrogens with zero attached hydrogens (tertiary/aromatic N) is 1. The molecule has 204 valence electrons. The molecule has 0 aliphatic carbocycles. The third-order valence-electron chi connectivity index (χ3n) is 5.35. The van der Waals surface area contributed by atoms with Crippen LogP contribution in [0.5, 0.6) is 11.5 Å². The highest BCUT2D eigenvalue weighted by Crippen LogP contribution is 2.28. The molecule has 12 heteroatoms. The normalized spacial score (nSPS) is 11.2. The van der Waals surface area contributed by atoms with Gasteiger partial charge in [-0.25, -0.2) is 18.6 Å². The zero-order chi connectivity index (χ0) is 28.7. The van der Waals surface area contributed by atoms with Crippen molar-refractivity contribution < 1.29 is 27.5 Å². The van der Waals surface area contributed by atoms with Gasteiger partial charge in [0, 0.05) is 20.7 Å². The molecule has 2 N–H and O–H groups in total. The molecule has 0 aliphatic rings. The molecule has 0 saturated carbocycles. The van der Waals surface area contributed by atoms with Crippen LogP contribution in [0.1, 0.15) is 26.3 Å². The summed E-state index contributed by atoms with van der Waals surface area (Å²) < 4.78 is 39.0. The maximum Gasteiger partial charge on any atom is 0.343 e. The Kier molecular flexibility index (Phi) is 9.20. The summed E-state index contributed by atoms with van der Waals surface area (Å²) in [6.45, 7) is 0. The minimum Gasteiger partial charge on any atom is -0.493 e. The lowest BCUT2D eigenvalue weighted by Crippen LogP contribution is -2.18. The number of amides is 1. The van der Waals surface area contributed by atoms with Crippen molar-refractivity contribution in [3.63, 3.8) is 0 Å². The first-order chi connectivity index (χ1) is 19.1. The summed E-state index contributed by atoms with van der Waals surface area (Å²) in [6.07, 6.45) is 1.40. The number of halogens is 2. The van der Waals surface area contributed by atoms with Crippen LogP contribution < -0.4 is 19.6 Å². The summed E-state index contributed by atoms with van der Waals surface area (Å²) in [5, 5.41) is 4.38. The van der Waals surface area contributed by atoms with Gasteiger partial charge >= 0.3 is 5.97 Å². The highest BCUT2D eigenvalue weighted by atomic mass is 79.9. The molecule has 4 rings (SSSR count). The molecule has 0 unspecified atom stereocenters. The van der Waals surface area contributed by atoms with Gasteiger partial charge in [0.1, 0.15) is 0 Å². The molecule has 1 amide bonds. The highest BCUT2D eigenvalue weighted by Gasteiger charge is 2.15. The van der Waals surface area contributed by atoms with E-state index >= 15 is 0 Å². The Labute approximate surface area is 244 Å². The van der Waals surface area contributed by atoms with Crippen molar-refractivity contribution >= 4 is 61.3 Å². The first-order valence-electron chi connectivity index (χ1n) is 11.5. The molecule has 0 saturated heterocycles. The number of methoxy groups -OCH3 is 1. The minimum atomic E-state index is -3.81. The van der Waals surface area contributed by atoms with Crippen LogP contribution >= 0.6 is 27.5 Å². The first-order valence-corrected chi connectivity index (χ1v) is 14.2. The number of esters is 1. The van der Waals surface area contributed by atoms with Crippen LogP contribution in [0.25, 0.3) is 0 Å². The molecule has 4 aromatic rings. The van der Waals surface area contributed by atoms with Crippen molar-refractivity contribution in [1.29, 1.82) is 0 Å². The molecule has 0 heterocycles. The second-order valence-electron chi connectivity index (χ2n) is 8.15. The van der Waals surface area contributed by atoms with Gasteiger partial charge in [-0.15, -0.1) is 0 Å². The Balaban J connectivity index is 1.36. The Hall–Kier alpha value is -4.19. The molecule has 0 aliphatic heterocycles. The molecule has 0 fully saturated rings. The fourth-order valence-corrected chi connectivity index (χ4v) is 4.95. The van der Waals surface area contributed by atoms with Crippen molar-refractivity contribution in [2.45, 2.75) is 4.90 Å². The first kappa shape index (κ1) is 28.8. The number of hydrazone groups is 1. The largest absolute Gasteiger partial charge is 0.493 e. The molecular weight excluding hydrogens is 622 g/mol. The number of ether oxygens (including phenoxy) is 2. The number of carbonyl (C=O) groups is 2. The third-order valence-corrected chi connectivity index (χ3v) is 7.50. The lowest BCUT2D eigenvalue weighted by Gasteiger charge is -2.10. The van der Waals surface area contributed by atoms with Gasteiger partial charge in [-0.3, -0.25) is 9.52 Å². The van der Waals surface area contributed by atoms with E-state index in [9.17, 15) is 18.0 Å². The molecule has 0 aromatic heterocycles. The Morgan fingerprint density at radius 3 is 2.30 bits per heavy atom. The van der Waals surface area contributed by atoms with Gasteiger partial charge in [0.25, 0.3) is 15.9 Å². The SMILES string of the molecule is COc1cc(C=NNC(=O)c2ccc(NS(=O)(=O)c3ccc(Cl)cc3)cc2)ccc1OC(=O)c1cccc(Br)c1. The maximum atomic E-state index is 12.5. The monoisotopic (exact) mass is 641 g/mol. The number of rotatable bonds is 9. The standard InChI is InChI=1S/C28H21BrClN3O6S/c1-38-26-15-18(5-14-25(26)39-28(35)20-3-2-4-21(29)16-20)17-31-32-27(34)19-6-10-23(11-7-19)33-40(36,37)24-12-8-22(30)9-13-24/h2-17,33H,1H3,(H,32,34). The fraction of sp³-hybridized carbons (Fsp3) is 0.0357. The number of anilines is 1. The summed E-state index contributed by atoms with van der Waals surface area (Å²) in [6, 6.07) is 23.2. The van der Waals surface area contributed by atoms with Crippen LogP contribution in [0.2, 0.25) is 5.02 Å². The molecule has 0 spiro atoms. The molecule has 0 atom stereocenters. The zero-order valence-electron chi connectivity index (χ0n) is 20.8. The van der Waals surface area contributed by atoms with Gasteiger partial charge < -0.3 is 9.47 Å². The summed E-state index contributed by atoms with van der Waals surface area (Å²) >= 11 is 9.13.